The molecule has 1 aliphatic rings. The number of fused-ring (bicyclic) bond motifs is 1. The Bertz CT molecular complexity index is 1080. The van der Waals surface area contributed by atoms with Crippen molar-refractivity contribution in [3.8, 4) is 23.2 Å². The van der Waals surface area contributed by atoms with E-state index in [-0.39, 0.29) is 11.7 Å². The first-order chi connectivity index (χ1) is 14.4. The highest BCUT2D eigenvalue weighted by Crippen LogP contribution is 2.42. The highest BCUT2D eigenvalue weighted by Gasteiger charge is 2.32. The lowest BCUT2D eigenvalue weighted by Crippen LogP contribution is -2.21. The number of hydrogen-bond donors (Lipinski definition) is 0. The van der Waals surface area contributed by atoms with Gasteiger partial charge < -0.3 is 14.2 Å². The summed E-state index contributed by atoms with van der Waals surface area (Å²) in [6, 6.07) is 5.71. The first-order valence-corrected chi connectivity index (χ1v) is 9.67. The number of carbonyl (C=O) groups is 1. The van der Waals surface area contributed by atoms with E-state index in [2.05, 4.69) is 15.1 Å². The fourth-order valence-corrected chi connectivity index (χ4v) is 3.99. The fraction of sp³-hybridized carbons (Fsp3) is 0.364. The molecule has 0 fully saturated rings. The molecule has 1 atom stereocenters. The van der Waals surface area contributed by atoms with Gasteiger partial charge in [-0.1, -0.05) is 0 Å². The van der Waals surface area contributed by atoms with Gasteiger partial charge in [0.05, 0.1) is 38.8 Å². The summed E-state index contributed by atoms with van der Waals surface area (Å²) < 4.78 is 18.1. The van der Waals surface area contributed by atoms with Crippen LogP contribution in [0.15, 0.2) is 24.4 Å². The Morgan fingerprint density at radius 2 is 1.57 bits per heavy atom. The predicted octanol–water partition coefficient (Wildman–Crippen LogP) is 3.22. The molecule has 156 valence electrons. The third-order valence-corrected chi connectivity index (χ3v) is 5.36. The Morgan fingerprint density at radius 1 is 0.933 bits per heavy atom. The van der Waals surface area contributed by atoms with Crippen LogP contribution in [0, 0.1) is 13.8 Å². The van der Waals surface area contributed by atoms with Gasteiger partial charge in [0.2, 0.25) is 5.75 Å². The molecule has 1 aliphatic carbocycles. The van der Waals surface area contributed by atoms with Gasteiger partial charge in [-0.15, -0.1) is 0 Å². The van der Waals surface area contributed by atoms with Crippen LogP contribution in [0.3, 0.4) is 0 Å². The molecule has 0 saturated heterocycles. The number of rotatable bonds is 5. The quantitative estimate of drug-likeness (QED) is 0.640. The lowest BCUT2D eigenvalue weighted by Gasteiger charge is -2.24. The molecule has 1 aromatic carbocycles. The zero-order chi connectivity index (χ0) is 21.4. The van der Waals surface area contributed by atoms with Crippen LogP contribution in [0.1, 0.15) is 45.3 Å². The lowest BCUT2D eigenvalue weighted by atomic mass is 9.82. The second-order valence-electron chi connectivity index (χ2n) is 7.35. The molecule has 0 bridgehead atoms. The van der Waals surface area contributed by atoms with Gasteiger partial charge >= 0.3 is 0 Å². The molecular formula is C22H24N4O4. The monoisotopic (exact) mass is 408 g/mol. The average molecular weight is 408 g/mol. The molecule has 0 saturated carbocycles. The molecule has 3 aromatic rings. The minimum atomic E-state index is -0.0555. The Balaban J connectivity index is 1.77. The SMILES string of the molecule is COc1cc([C@@H]2CC(=O)c3cnn(-c4nc(C)cc(C)n4)c3C2)cc(OC)c1OC. The number of aromatic nitrogens is 4. The summed E-state index contributed by atoms with van der Waals surface area (Å²) in [7, 11) is 4.73. The smallest absolute Gasteiger partial charge is 0.251 e. The molecule has 0 unspecified atom stereocenters. The lowest BCUT2D eigenvalue weighted by molar-refractivity contribution is 0.0963. The zero-order valence-electron chi connectivity index (χ0n) is 17.7. The second kappa shape index (κ2) is 7.78. The normalized spacial score (nSPS) is 15.6. The average Bonchev–Trinajstić information content (AvgIpc) is 3.16. The van der Waals surface area contributed by atoms with Gasteiger partial charge in [-0.05, 0) is 49.9 Å². The molecule has 0 spiro atoms. The summed E-state index contributed by atoms with van der Waals surface area (Å²) in [5.74, 6) is 2.13. The van der Waals surface area contributed by atoms with E-state index < -0.39 is 0 Å². The number of Topliss-reactive ketones (excluding diaryl/α,β-unsaturated/α-hetero) is 1. The first-order valence-electron chi connectivity index (χ1n) is 9.67. The van der Waals surface area contributed by atoms with Crippen molar-refractivity contribution in [2.24, 2.45) is 0 Å². The minimum Gasteiger partial charge on any atom is -0.493 e. The van der Waals surface area contributed by atoms with E-state index in [0.29, 0.717) is 41.6 Å². The Kier molecular flexibility index (Phi) is 5.15. The summed E-state index contributed by atoms with van der Waals surface area (Å²) in [4.78, 5) is 21.9. The molecular weight excluding hydrogens is 384 g/mol. The number of ether oxygens (including phenoxy) is 3. The van der Waals surface area contributed by atoms with Gasteiger partial charge in [-0.2, -0.15) is 5.10 Å². The molecule has 0 amide bonds. The van der Waals surface area contributed by atoms with E-state index >= 15 is 0 Å². The van der Waals surface area contributed by atoms with E-state index in [1.807, 2.05) is 32.0 Å². The van der Waals surface area contributed by atoms with Crippen molar-refractivity contribution >= 4 is 5.78 Å². The van der Waals surface area contributed by atoms with Gasteiger partial charge in [0.15, 0.2) is 17.3 Å². The van der Waals surface area contributed by atoms with E-state index in [1.165, 1.54) is 0 Å². The molecule has 8 heteroatoms. The molecule has 0 aliphatic heterocycles. The highest BCUT2D eigenvalue weighted by molar-refractivity contribution is 5.98. The van der Waals surface area contributed by atoms with Gasteiger partial charge in [-0.25, -0.2) is 14.6 Å². The van der Waals surface area contributed by atoms with Gasteiger partial charge in [0.1, 0.15) is 0 Å². The maximum absolute atomic E-state index is 12.9. The first kappa shape index (κ1) is 19.9. The fourth-order valence-electron chi connectivity index (χ4n) is 3.99. The molecule has 8 nitrogen and oxygen atoms in total. The predicted molar refractivity (Wildman–Crippen MR) is 110 cm³/mol. The van der Waals surface area contributed by atoms with Crippen molar-refractivity contribution in [3.63, 3.8) is 0 Å². The number of nitrogens with zero attached hydrogens (tertiary/aromatic N) is 4. The van der Waals surface area contributed by atoms with Gasteiger partial charge in [-0.3, -0.25) is 4.79 Å². The van der Waals surface area contributed by atoms with Crippen LogP contribution in [-0.2, 0) is 6.42 Å². The van der Waals surface area contributed by atoms with Crippen LogP contribution in [0.2, 0.25) is 0 Å². The van der Waals surface area contributed by atoms with E-state index in [9.17, 15) is 4.79 Å². The number of carbonyl (C=O) groups excluding carboxylic acids is 1. The van der Waals surface area contributed by atoms with Crippen molar-refractivity contribution in [2.75, 3.05) is 21.3 Å². The third-order valence-electron chi connectivity index (χ3n) is 5.36. The van der Waals surface area contributed by atoms with Crippen LogP contribution in [-0.4, -0.2) is 46.9 Å². The maximum Gasteiger partial charge on any atom is 0.251 e. The summed E-state index contributed by atoms with van der Waals surface area (Å²) in [6.07, 6.45) is 2.62. The number of benzene rings is 1. The van der Waals surface area contributed by atoms with E-state index in [4.69, 9.17) is 14.2 Å². The second-order valence-corrected chi connectivity index (χ2v) is 7.35. The summed E-state index contributed by atoms with van der Waals surface area (Å²) >= 11 is 0. The van der Waals surface area contributed by atoms with Crippen LogP contribution >= 0.6 is 0 Å². The third kappa shape index (κ3) is 3.38. The largest absolute Gasteiger partial charge is 0.493 e. The van der Waals surface area contributed by atoms with Crippen LogP contribution in [0.5, 0.6) is 17.2 Å². The number of methoxy groups -OCH3 is 3. The number of hydrogen-bond acceptors (Lipinski definition) is 7. The van der Waals surface area contributed by atoms with Crippen LogP contribution in [0.4, 0.5) is 0 Å². The standard InChI is InChI=1S/C22H24N4O4/c1-12-6-13(2)25-22(24-12)26-17-7-14(8-18(27)16(17)11-23-26)15-9-19(28-3)21(30-5)20(10-15)29-4/h6,9-11,14H,7-8H2,1-5H3/t14-/m0/s1. The Morgan fingerprint density at radius 3 is 2.13 bits per heavy atom. The number of aryl methyl sites for hydroxylation is 2. The summed E-state index contributed by atoms with van der Waals surface area (Å²) in [6.45, 7) is 3.83. The van der Waals surface area contributed by atoms with Gasteiger partial charge in [0.25, 0.3) is 5.95 Å². The highest BCUT2D eigenvalue weighted by atomic mass is 16.5. The molecule has 30 heavy (non-hydrogen) atoms. The van der Waals surface area contributed by atoms with E-state index in [1.54, 1.807) is 32.2 Å². The van der Waals surface area contributed by atoms with Crippen molar-refractivity contribution in [2.45, 2.75) is 32.6 Å². The summed E-state index contributed by atoms with van der Waals surface area (Å²) in [5.41, 5.74) is 4.09. The molecule has 2 aromatic heterocycles. The van der Waals surface area contributed by atoms with Crippen molar-refractivity contribution < 1.29 is 19.0 Å². The van der Waals surface area contributed by atoms with Crippen LogP contribution < -0.4 is 14.2 Å². The van der Waals surface area contributed by atoms with Crippen molar-refractivity contribution in [1.82, 2.24) is 19.7 Å². The summed E-state index contributed by atoms with van der Waals surface area (Å²) in [5, 5.41) is 4.43. The number of ketones is 1. The van der Waals surface area contributed by atoms with Gasteiger partial charge in [0, 0.05) is 17.8 Å². The zero-order valence-corrected chi connectivity index (χ0v) is 17.7. The topological polar surface area (TPSA) is 88.4 Å². The minimum absolute atomic E-state index is 0.0469. The molecule has 4 rings (SSSR count). The molecule has 0 radical (unpaired) electrons. The van der Waals surface area contributed by atoms with Crippen molar-refractivity contribution in [3.05, 3.63) is 52.6 Å². The molecule has 0 N–H and O–H groups in total. The Labute approximate surface area is 174 Å². The molecule has 2 heterocycles. The van der Waals surface area contributed by atoms with Crippen molar-refractivity contribution in [1.29, 1.82) is 0 Å². The Hall–Kier alpha value is -3.42. The van der Waals surface area contributed by atoms with E-state index in [0.717, 1.165) is 22.6 Å². The van der Waals surface area contributed by atoms with Crippen LogP contribution in [0.25, 0.3) is 5.95 Å². The maximum atomic E-state index is 12.9.